The van der Waals surface area contributed by atoms with Crippen LogP contribution < -0.4 is 0 Å². The van der Waals surface area contributed by atoms with Crippen molar-refractivity contribution in [3.63, 3.8) is 0 Å². The molecule has 0 N–H and O–H groups in total. The van der Waals surface area contributed by atoms with Crippen LogP contribution >= 0.6 is 11.6 Å². The standard InChI is InChI=1S/C18H30ClN5/c1-3-16-15(18(19)21(2)20-16)12-23-8-10-24(11-9-23)17-13-22-6-4-14(17)5-7-22/h14,17H,3-13H2,1-2H3/t17-/m0/s1. The summed E-state index contributed by atoms with van der Waals surface area (Å²) in [5.74, 6) is 0.945. The van der Waals surface area contributed by atoms with E-state index in [4.69, 9.17) is 11.6 Å². The van der Waals surface area contributed by atoms with Crippen LogP contribution in [0.4, 0.5) is 0 Å². The van der Waals surface area contributed by atoms with E-state index in [0.29, 0.717) is 0 Å². The molecule has 4 aliphatic heterocycles. The third kappa shape index (κ3) is 3.12. The fraction of sp³-hybridized carbons (Fsp3) is 0.833. The molecule has 0 radical (unpaired) electrons. The van der Waals surface area contributed by atoms with Gasteiger partial charge >= 0.3 is 0 Å². The van der Waals surface area contributed by atoms with Gasteiger partial charge in [0.15, 0.2) is 0 Å². The van der Waals surface area contributed by atoms with Crippen LogP contribution in [-0.4, -0.2) is 76.3 Å². The molecule has 4 saturated heterocycles. The molecule has 0 amide bonds. The second-order valence-electron chi connectivity index (χ2n) is 7.71. The summed E-state index contributed by atoms with van der Waals surface area (Å²) in [5, 5.41) is 5.36. The second kappa shape index (κ2) is 6.94. The Hall–Kier alpha value is -0.620. The first-order valence-corrected chi connectivity index (χ1v) is 9.92. The van der Waals surface area contributed by atoms with Gasteiger partial charge in [0.2, 0.25) is 0 Å². The number of aryl methyl sites for hydroxylation is 2. The van der Waals surface area contributed by atoms with Crippen LogP contribution in [0.25, 0.3) is 0 Å². The molecule has 0 aromatic carbocycles. The lowest BCUT2D eigenvalue weighted by Crippen LogP contribution is -2.60. The first-order valence-electron chi connectivity index (χ1n) is 9.54. The smallest absolute Gasteiger partial charge is 0.131 e. The molecule has 0 aliphatic carbocycles. The molecule has 24 heavy (non-hydrogen) atoms. The van der Waals surface area contributed by atoms with Gasteiger partial charge in [0.05, 0.1) is 5.69 Å². The first-order chi connectivity index (χ1) is 11.7. The Morgan fingerprint density at radius 3 is 2.38 bits per heavy atom. The zero-order valence-corrected chi connectivity index (χ0v) is 15.8. The van der Waals surface area contributed by atoms with Gasteiger partial charge in [0.1, 0.15) is 5.15 Å². The molecule has 1 atom stereocenters. The molecule has 4 fully saturated rings. The molecule has 1 aromatic rings. The van der Waals surface area contributed by atoms with Gasteiger partial charge in [-0.1, -0.05) is 18.5 Å². The van der Waals surface area contributed by atoms with E-state index < -0.39 is 0 Å². The minimum atomic E-state index is 0.808. The number of rotatable bonds is 4. The molecular formula is C18H30ClN5. The molecule has 0 saturated carbocycles. The van der Waals surface area contributed by atoms with Gasteiger partial charge in [0, 0.05) is 57.9 Å². The summed E-state index contributed by atoms with van der Waals surface area (Å²) in [6.07, 6.45) is 3.78. The summed E-state index contributed by atoms with van der Waals surface area (Å²) in [7, 11) is 1.94. The van der Waals surface area contributed by atoms with E-state index in [0.717, 1.165) is 48.9 Å². The van der Waals surface area contributed by atoms with Crippen molar-refractivity contribution in [2.24, 2.45) is 13.0 Å². The molecule has 134 valence electrons. The van der Waals surface area contributed by atoms with Gasteiger partial charge in [-0.15, -0.1) is 0 Å². The first kappa shape index (κ1) is 16.8. The Balaban J connectivity index is 1.35. The summed E-state index contributed by atoms with van der Waals surface area (Å²) in [5.41, 5.74) is 2.39. The Bertz CT molecular complexity index is 570. The van der Waals surface area contributed by atoms with E-state index in [1.807, 2.05) is 11.7 Å². The average molecular weight is 352 g/mol. The molecule has 0 unspecified atom stereocenters. The molecule has 6 heteroatoms. The van der Waals surface area contributed by atoms with Crippen molar-refractivity contribution in [1.82, 2.24) is 24.5 Å². The number of piperazine rings is 1. The van der Waals surface area contributed by atoms with Gasteiger partial charge in [-0.25, -0.2) is 0 Å². The number of nitrogens with zero attached hydrogens (tertiary/aromatic N) is 5. The Kier molecular flexibility index (Phi) is 4.87. The minimum absolute atomic E-state index is 0.808. The number of hydrogen-bond acceptors (Lipinski definition) is 4. The number of fused-ring (bicyclic) bond motifs is 3. The highest BCUT2D eigenvalue weighted by molar-refractivity contribution is 6.30. The van der Waals surface area contributed by atoms with Crippen LogP contribution in [0.5, 0.6) is 0 Å². The van der Waals surface area contributed by atoms with Crippen LogP contribution in [0.3, 0.4) is 0 Å². The van der Waals surface area contributed by atoms with Crippen LogP contribution in [0.2, 0.25) is 5.15 Å². The third-order valence-electron chi connectivity index (χ3n) is 6.37. The maximum absolute atomic E-state index is 6.46. The van der Waals surface area contributed by atoms with Crippen molar-refractivity contribution in [1.29, 1.82) is 0 Å². The summed E-state index contributed by atoms with van der Waals surface area (Å²) in [6, 6.07) is 0.808. The van der Waals surface area contributed by atoms with E-state index in [9.17, 15) is 0 Å². The lowest BCUT2D eigenvalue weighted by molar-refractivity contribution is -0.0162. The van der Waals surface area contributed by atoms with Gasteiger partial charge in [-0.05, 0) is 38.3 Å². The molecule has 4 aliphatic rings. The topological polar surface area (TPSA) is 27.5 Å². The molecule has 2 bridgehead atoms. The highest BCUT2D eigenvalue weighted by Crippen LogP contribution is 2.31. The lowest BCUT2D eigenvalue weighted by atomic mass is 9.83. The number of aromatic nitrogens is 2. The summed E-state index contributed by atoms with van der Waals surface area (Å²) < 4.78 is 1.82. The van der Waals surface area contributed by atoms with Crippen molar-refractivity contribution in [2.75, 3.05) is 45.8 Å². The molecule has 1 aromatic heterocycles. The SMILES string of the molecule is CCc1nn(C)c(Cl)c1CN1CCN([C@H]2CN3CCC2CC3)CC1. The van der Waals surface area contributed by atoms with Gasteiger partial charge in [0.25, 0.3) is 0 Å². The van der Waals surface area contributed by atoms with Crippen molar-refractivity contribution < 1.29 is 0 Å². The predicted octanol–water partition coefficient (Wildman–Crippen LogP) is 1.85. The fourth-order valence-electron chi connectivity index (χ4n) is 4.86. The zero-order chi connectivity index (χ0) is 16.7. The zero-order valence-electron chi connectivity index (χ0n) is 15.0. The monoisotopic (exact) mass is 351 g/mol. The number of halogens is 1. The Morgan fingerprint density at radius 1 is 1.08 bits per heavy atom. The molecule has 0 spiro atoms. The van der Waals surface area contributed by atoms with E-state index in [2.05, 4.69) is 26.7 Å². The summed E-state index contributed by atoms with van der Waals surface area (Å²) in [6.45, 7) is 11.8. The molecular weight excluding hydrogens is 322 g/mol. The van der Waals surface area contributed by atoms with Crippen LogP contribution in [0.15, 0.2) is 0 Å². The predicted molar refractivity (Wildman–Crippen MR) is 97.4 cm³/mol. The normalized spacial score (nSPS) is 31.7. The molecule has 5 nitrogen and oxygen atoms in total. The highest BCUT2D eigenvalue weighted by atomic mass is 35.5. The van der Waals surface area contributed by atoms with Gasteiger partial charge in [-0.3, -0.25) is 14.5 Å². The summed E-state index contributed by atoms with van der Waals surface area (Å²) in [4.78, 5) is 7.98. The Morgan fingerprint density at radius 2 is 1.79 bits per heavy atom. The quantitative estimate of drug-likeness (QED) is 0.827. The van der Waals surface area contributed by atoms with Crippen molar-refractivity contribution in [3.8, 4) is 0 Å². The van der Waals surface area contributed by atoms with Crippen molar-refractivity contribution in [3.05, 3.63) is 16.4 Å². The number of hydrogen-bond donors (Lipinski definition) is 0. The summed E-state index contributed by atoms with van der Waals surface area (Å²) >= 11 is 6.46. The highest BCUT2D eigenvalue weighted by Gasteiger charge is 2.38. The van der Waals surface area contributed by atoms with Crippen molar-refractivity contribution in [2.45, 2.75) is 38.8 Å². The maximum Gasteiger partial charge on any atom is 0.131 e. The van der Waals surface area contributed by atoms with Gasteiger partial charge in [-0.2, -0.15) is 5.10 Å². The van der Waals surface area contributed by atoms with E-state index in [1.54, 1.807) is 0 Å². The van der Waals surface area contributed by atoms with Crippen LogP contribution in [0, 0.1) is 5.92 Å². The van der Waals surface area contributed by atoms with E-state index >= 15 is 0 Å². The van der Waals surface area contributed by atoms with E-state index in [1.165, 1.54) is 51.1 Å². The van der Waals surface area contributed by atoms with Crippen molar-refractivity contribution >= 4 is 11.6 Å². The second-order valence-corrected chi connectivity index (χ2v) is 8.07. The van der Waals surface area contributed by atoms with Crippen LogP contribution in [-0.2, 0) is 20.0 Å². The average Bonchev–Trinajstić information content (AvgIpc) is 2.91. The maximum atomic E-state index is 6.46. The Labute approximate surface area is 150 Å². The fourth-order valence-corrected chi connectivity index (χ4v) is 5.07. The van der Waals surface area contributed by atoms with Crippen LogP contribution in [0.1, 0.15) is 31.0 Å². The largest absolute Gasteiger partial charge is 0.302 e. The van der Waals surface area contributed by atoms with Gasteiger partial charge < -0.3 is 4.90 Å². The third-order valence-corrected chi connectivity index (χ3v) is 6.84. The number of piperidine rings is 3. The minimum Gasteiger partial charge on any atom is -0.302 e. The molecule has 5 heterocycles. The molecule has 5 rings (SSSR count). The van der Waals surface area contributed by atoms with E-state index in [-0.39, 0.29) is 0 Å². The lowest BCUT2D eigenvalue weighted by Gasteiger charge is -2.51.